The Labute approximate surface area is 105 Å². The molecule has 2 heterocycles. The molecule has 6 nitrogen and oxygen atoms in total. The maximum atomic E-state index is 10.4. The summed E-state index contributed by atoms with van der Waals surface area (Å²) in [6, 6.07) is 1.79. The lowest BCUT2D eigenvalue weighted by Crippen LogP contribution is -2.14. The van der Waals surface area contributed by atoms with Gasteiger partial charge in [-0.3, -0.25) is 4.68 Å². The van der Waals surface area contributed by atoms with Crippen LogP contribution in [-0.4, -0.2) is 32.0 Å². The number of rotatable bonds is 4. The van der Waals surface area contributed by atoms with Gasteiger partial charge in [-0.25, -0.2) is 9.97 Å². The number of hydrogen-bond donors (Lipinski definition) is 1. The van der Waals surface area contributed by atoms with Gasteiger partial charge in [0.05, 0.1) is 19.0 Å². The van der Waals surface area contributed by atoms with E-state index in [0.717, 1.165) is 0 Å². The van der Waals surface area contributed by atoms with E-state index in [-0.39, 0.29) is 6.04 Å². The van der Waals surface area contributed by atoms with Crippen LogP contribution in [-0.2, 0) is 0 Å². The molecule has 0 bridgehead atoms. The highest BCUT2D eigenvalue weighted by Crippen LogP contribution is 2.30. The maximum absolute atomic E-state index is 10.4. The lowest BCUT2D eigenvalue weighted by atomic mass is 10.1. The van der Waals surface area contributed by atoms with E-state index >= 15 is 0 Å². The molecule has 2 rings (SSSR count). The van der Waals surface area contributed by atoms with Crippen LogP contribution in [0.2, 0.25) is 0 Å². The summed E-state index contributed by atoms with van der Waals surface area (Å²) < 4.78 is 6.96. The van der Waals surface area contributed by atoms with E-state index in [9.17, 15) is 5.11 Å². The van der Waals surface area contributed by atoms with E-state index in [0.29, 0.717) is 17.1 Å². The average molecular weight is 248 g/mol. The highest BCUT2D eigenvalue weighted by Gasteiger charge is 2.23. The first-order valence-corrected chi connectivity index (χ1v) is 5.70. The van der Waals surface area contributed by atoms with Crippen molar-refractivity contribution >= 4 is 0 Å². The van der Waals surface area contributed by atoms with E-state index < -0.39 is 6.10 Å². The molecule has 0 aromatic carbocycles. The standard InChI is InChI=1S/C12H16N4O2/c1-8(2)16-11(10(18-3)6-15-16)12(17)9-4-5-13-7-14-9/h4-8,12,17H,1-3H3. The van der Waals surface area contributed by atoms with Crippen molar-refractivity contribution < 1.29 is 9.84 Å². The van der Waals surface area contributed by atoms with Gasteiger partial charge >= 0.3 is 0 Å². The molecule has 0 amide bonds. The van der Waals surface area contributed by atoms with Gasteiger partial charge in [0.25, 0.3) is 0 Å². The predicted octanol–water partition coefficient (Wildman–Crippen LogP) is 1.34. The summed E-state index contributed by atoms with van der Waals surface area (Å²) >= 11 is 0. The summed E-state index contributed by atoms with van der Waals surface area (Å²) in [6.45, 7) is 3.98. The molecule has 0 spiro atoms. The van der Waals surface area contributed by atoms with E-state index in [2.05, 4.69) is 15.1 Å². The molecule has 1 unspecified atom stereocenters. The Bertz CT molecular complexity index is 510. The Hall–Kier alpha value is -1.95. The van der Waals surface area contributed by atoms with Gasteiger partial charge in [-0.2, -0.15) is 5.10 Å². The number of methoxy groups -OCH3 is 1. The minimum absolute atomic E-state index is 0.125. The van der Waals surface area contributed by atoms with Crippen molar-refractivity contribution in [3.05, 3.63) is 36.2 Å². The molecule has 96 valence electrons. The first-order valence-electron chi connectivity index (χ1n) is 5.70. The molecule has 1 N–H and O–H groups in total. The molecule has 0 fully saturated rings. The molecule has 1 atom stereocenters. The van der Waals surface area contributed by atoms with Crippen LogP contribution in [0.1, 0.15) is 37.4 Å². The van der Waals surface area contributed by atoms with Crippen molar-refractivity contribution in [1.82, 2.24) is 19.7 Å². The molecule has 0 saturated carbocycles. The number of aliphatic hydroxyl groups excluding tert-OH is 1. The average Bonchev–Trinajstić information content (AvgIpc) is 2.82. The Morgan fingerprint density at radius 3 is 2.72 bits per heavy atom. The summed E-state index contributed by atoms with van der Waals surface area (Å²) in [5.41, 5.74) is 1.12. The van der Waals surface area contributed by atoms with Gasteiger partial charge in [-0.15, -0.1) is 0 Å². The lowest BCUT2D eigenvalue weighted by Gasteiger charge is -2.16. The van der Waals surface area contributed by atoms with Crippen LogP contribution in [0.4, 0.5) is 0 Å². The molecular weight excluding hydrogens is 232 g/mol. The Kier molecular flexibility index (Phi) is 3.57. The van der Waals surface area contributed by atoms with Gasteiger partial charge in [0.2, 0.25) is 0 Å². The normalized spacial score (nSPS) is 12.7. The molecule has 0 aliphatic rings. The minimum atomic E-state index is -0.882. The summed E-state index contributed by atoms with van der Waals surface area (Å²) in [5, 5.41) is 14.6. The molecule has 0 radical (unpaired) electrons. The second-order valence-electron chi connectivity index (χ2n) is 4.17. The van der Waals surface area contributed by atoms with Crippen LogP contribution in [0, 0.1) is 0 Å². The zero-order valence-electron chi connectivity index (χ0n) is 10.6. The number of ether oxygens (including phenoxy) is 1. The molecule has 18 heavy (non-hydrogen) atoms. The quantitative estimate of drug-likeness (QED) is 0.884. The fourth-order valence-electron chi connectivity index (χ4n) is 1.79. The third-order valence-corrected chi connectivity index (χ3v) is 2.65. The molecule has 0 aliphatic carbocycles. The van der Waals surface area contributed by atoms with E-state index in [4.69, 9.17) is 4.74 Å². The van der Waals surface area contributed by atoms with Gasteiger partial charge in [0.15, 0.2) is 5.75 Å². The van der Waals surface area contributed by atoms with Crippen molar-refractivity contribution in [2.45, 2.75) is 26.0 Å². The first-order chi connectivity index (χ1) is 8.65. The summed E-state index contributed by atoms with van der Waals surface area (Å²) in [4.78, 5) is 7.89. The second kappa shape index (κ2) is 5.14. The van der Waals surface area contributed by atoms with Crippen molar-refractivity contribution in [3.8, 4) is 5.75 Å². The third-order valence-electron chi connectivity index (χ3n) is 2.65. The smallest absolute Gasteiger partial charge is 0.163 e. The summed E-state index contributed by atoms with van der Waals surface area (Å²) in [5.74, 6) is 0.551. The monoisotopic (exact) mass is 248 g/mol. The number of aliphatic hydroxyl groups is 1. The Morgan fingerprint density at radius 2 is 2.17 bits per heavy atom. The highest BCUT2D eigenvalue weighted by atomic mass is 16.5. The topological polar surface area (TPSA) is 73.1 Å². The van der Waals surface area contributed by atoms with Crippen molar-refractivity contribution in [3.63, 3.8) is 0 Å². The van der Waals surface area contributed by atoms with Gasteiger partial charge in [0.1, 0.15) is 18.1 Å². The fraction of sp³-hybridized carbons (Fsp3) is 0.417. The summed E-state index contributed by atoms with van der Waals surface area (Å²) in [7, 11) is 1.55. The van der Waals surface area contributed by atoms with Gasteiger partial charge in [-0.1, -0.05) is 0 Å². The molecule has 2 aromatic heterocycles. The second-order valence-corrected chi connectivity index (χ2v) is 4.17. The largest absolute Gasteiger partial charge is 0.493 e. The maximum Gasteiger partial charge on any atom is 0.163 e. The number of aromatic nitrogens is 4. The number of hydrogen-bond acceptors (Lipinski definition) is 5. The summed E-state index contributed by atoms with van der Waals surface area (Å²) in [6.07, 6.45) is 3.71. The Morgan fingerprint density at radius 1 is 1.39 bits per heavy atom. The van der Waals surface area contributed by atoms with Crippen molar-refractivity contribution in [1.29, 1.82) is 0 Å². The SMILES string of the molecule is COc1cnn(C(C)C)c1C(O)c1ccncn1. The predicted molar refractivity (Wildman–Crippen MR) is 65.3 cm³/mol. The van der Waals surface area contributed by atoms with Crippen LogP contribution in [0.15, 0.2) is 24.8 Å². The van der Waals surface area contributed by atoms with Crippen molar-refractivity contribution in [2.75, 3.05) is 7.11 Å². The van der Waals surface area contributed by atoms with Crippen LogP contribution >= 0.6 is 0 Å². The van der Waals surface area contributed by atoms with E-state index in [1.807, 2.05) is 13.8 Å². The van der Waals surface area contributed by atoms with Crippen LogP contribution < -0.4 is 4.74 Å². The molecule has 0 aliphatic heterocycles. The minimum Gasteiger partial charge on any atom is -0.493 e. The van der Waals surface area contributed by atoms with Gasteiger partial charge in [0, 0.05) is 12.2 Å². The Balaban J connectivity index is 2.46. The van der Waals surface area contributed by atoms with Crippen LogP contribution in [0.5, 0.6) is 5.75 Å². The highest BCUT2D eigenvalue weighted by molar-refractivity contribution is 5.32. The van der Waals surface area contributed by atoms with Crippen LogP contribution in [0.3, 0.4) is 0 Å². The molecule has 2 aromatic rings. The third kappa shape index (κ3) is 2.19. The van der Waals surface area contributed by atoms with Gasteiger partial charge in [-0.05, 0) is 19.9 Å². The molecule has 0 saturated heterocycles. The van der Waals surface area contributed by atoms with Gasteiger partial charge < -0.3 is 9.84 Å². The van der Waals surface area contributed by atoms with E-state index in [1.165, 1.54) is 6.33 Å². The fourth-order valence-corrected chi connectivity index (χ4v) is 1.79. The lowest BCUT2D eigenvalue weighted by molar-refractivity contribution is 0.195. The molecule has 6 heteroatoms. The van der Waals surface area contributed by atoms with E-state index in [1.54, 1.807) is 30.3 Å². The van der Waals surface area contributed by atoms with Crippen LogP contribution in [0.25, 0.3) is 0 Å². The first kappa shape index (κ1) is 12.5. The van der Waals surface area contributed by atoms with Crippen molar-refractivity contribution in [2.24, 2.45) is 0 Å². The zero-order chi connectivity index (χ0) is 13.1. The zero-order valence-corrected chi connectivity index (χ0v) is 10.6. The number of nitrogens with zero attached hydrogens (tertiary/aromatic N) is 4. The molecular formula is C12H16N4O2.